The first-order valence-electron chi connectivity index (χ1n) is 9.78. The number of hydrogen-bond donors (Lipinski definition) is 1. The van der Waals surface area contributed by atoms with Crippen LogP contribution in [0.2, 0.25) is 0 Å². The molecule has 1 aliphatic rings. The highest BCUT2D eigenvalue weighted by molar-refractivity contribution is 6.04. The lowest BCUT2D eigenvalue weighted by molar-refractivity contribution is 0.0699. The van der Waals surface area contributed by atoms with Crippen LogP contribution in [-0.2, 0) is 4.74 Å². The Hall–Kier alpha value is -3.59. The summed E-state index contributed by atoms with van der Waals surface area (Å²) >= 11 is 0. The van der Waals surface area contributed by atoms with Crippen molar-refractivity contribution >= 4 is 33.6 Å². The Morgan fingerprint density at radius 2 is 1.84 bits per heavy atom. The van der Waals surface area contributed by atoms with Crippen molar-refractivity contribution in [1.29, 1.82) is 0 Å². The van der Waals surface area contributed by atoms with Crippen LogP contribution in [0.1, 0.15) is 16.2 Å². The molecule has 0 radical (unpaired) electrons. The van der Waals surface area contributed by atoms with Gasteiger partial charge in [0.05, 0.1) is 35.4 Å². The molecule has 4 aromatic rings. The molecule has 1 saturated heterocycles. The predicted molar refractivity (Wildman–Crippen MR) is 111 cm³/mol. The zero-order valence-electron chi connectivity index (χ0n) is 16.6. The first-order chi connectivity index (χ1) is 15.0. The number of halogens is 2. The van der Waals surface area contributed by atoms with Gasteiger partial charge < -0.3 is 14.7 Å². The Bertz CT molecular complexity index is 1350. The van der Waals surface area contributed by atoms with E-state index in [1.807, 2.05) is 11.0 Å². The van der Waals surface area contributed by atoms with Crippen molar-refractivity contribution in [2.45, 2.75) is 6.92 Å². The molecule has 1 fully saturated rings. The fourth-order valence-corrected chi connectivity index (χ4v) is 4.11. The number of aromatic carboxylic acids is 1. The summed E-state index contributed by atoms with van der Waals surface area (Å²) in [6, 6.07) is 7.08. The van der Waals surface area contributed by atoms with Crippen LogP contribution in [0.15, 0.2) is 36.5 Å². The maximum atomic E-state index is 14.8. The Balaban J connectivity index is 1.84. The van der Waals surface area contributed by atoms with Gasteiger partial charge in [-0.2, -0.15) is 0 Å². The van der Waals surface area contributed by atoms with Gasteiger partial charge in [0.1, 0.15) is 28.5 Å². The van der Waals surface area contributed by atoms with Crippen molar-refractivity contribution in [3.05, 3.63) is 59.6 Å². The molecule has 1 aliphatic heterocycles. The van der Waals surface area contributed by atoms with E-state index in [2.05, 4.69) is 9.97 Å². The molecule has 5 rings (SSSR count). The maximum absolute atomic E-state index is 14.8. The molecule has 2 aromatic heterocycles. The molecule has 0 unspecified atom stereocenters. The number of aryl methyl sites for hydroxylation is 1. The quantitative estimate of drug-likeness (QED) is 0.540. The molecular weight excluding hydrogens is 406 g/mol. The summed E-state index contributed by atoms with van der Waals surface area (Å²) < 4.78 is 36.1. The van der Waals surface area contributed by atoms with Crippen molar-refractivity contribution in [3.8, 4) is 5.69 Å². The molecule has 0 amide bonds. The number of morpholine rings is 1. The number of benzene rings is 2. The highest BCUT2D eigenvalue weighted by Gasteiger charge is 2.23. The van der Waals surface area contributed by atoms with Gasteiger partial charge in [0, 0.05) is 25.0 Å². The van der Waals surface area contributed by atoms with Crippen molar-refractivity contribution in [3.63, 3.8) is 0 Å². The van der Waals surface area contributed by atoms with Gasteiger partial charge in [0.25, 0.3) is 0 Å². The van der Waals surface area contributed by atoms with Gasteiger partial charge in [-0.25, -0.2) is 18.6 Å². The average Bonchev–Trinajstić information content (AvgIpc) is 3.11. The lowest BCUT2D eigenvalue weighted by Gasteiger charge is -2.29. The molecule has 3 heterocycles. The van der Waals surface area contributed by atoms with E-state index in [1.165, 1.54) is 6.20 Å². The molecule has 0 aliphatic carbocycles. The molecule has 0 atom stereocenters. The van der Waals surface area contributed by atoms with Crippen LogP contribution >= 0.6 is 0 Å². The minimum absolute atomic E-state index is 0.0125. The lowest BCUT2D eigenvalue weighted by atomic mass is 10.1. The number of hydrogen-bond acceptors (Lipinski definition) is 5. The van der Waals surface area contributed by atoms with E-state index in [-0.39, 0.29) is 22.0 Å². The molecule has 9 heteroatoms. The second kappa shape index (κ2) is 7.28. The summed E-state index contributed by atoms with van der Waals surface area (Å²) in [7, 11) is 0. The van der Waals surface area contributed by atoms with Gasteiger partial charge in [0.15, 0.2) is 0 Å². The van der Waals surface area contributed by atoms with E-state index in [9.17, 15) is 18.7 Å². The molecule has 7 nitrogen and oxygen atoms in total. The van der Waals surface area contributed by atoms with Gasteiger partial charge in [-0.3, -0.25) is 9.55 Å². The van der Waals surface area contributed by atoms with Crippen LogP contribution < -0.4 is 4.90 Å². The smallest absolute Gasteiger partial charge is 0.338 e. The SMILES string of the molecule is Cc1nc2c(C(=O)O)cc(N3CCOCC3)cc2n1-c1ccnc2c(F)ccc(F)c12. The second-order valence-corrected chi connectivity index (χ2v) is 7.34. The third-order valence-electron chi connectivity index (χ3n) is 5.53. The summed E-state index contributed by atoms with van der Waals surface area (Å²) in [4.78, 5) is 22.5. The molecular formula is C22H18F2N4O3. The van der Waals surface area contributed by atoms with Gasteiger partial charge in [0.2, 0.25) is 0 Å². The number of rotatable bonds is 3. The monoisotopic (exact) mass is 424 g/mol. The van der Waals surface area contributed by atoms with Crippen molar-refractivity contribution in [2.75, 3.05) is 31.2 Å². The van der Waals surface area contributed by atoms with E-state index in [1.54, 1.807) is 23.6 Å². The summed E-state index contributed by atoms with van der Waals surface area (Å²) in [5.74, 6) is -1.92. The Kier molecular flexibility index (Phi) is 4.55. The summed E-state index contributed by atoms with van der Waals surface area (Å²) in [5.41, 5.74) is 1.78. The second-order valence-electron chi connectivity index (χ2n) is 7.34. The molecule has 31 heavy (non-hydrogen) atoms. The number of pyridine rings is 1. The number of fused-ring (bicyclic) bond motifs is 2. The molecule has 0 bridgehead atoms. The van der Waals surface area contributed by atoms with Gasteiger partial charge in [-0.15, -0.1) is 0 Å². The molecule has 0 saturated carbocycles. The Labute approximate surface area is 175 Å². The molecule has 158 valence electrons. The number of anilines is 1. The molecule has 2 aromatic carbocycles. The van der Waals surface area contributed by atoms with Gasteiger partial charge >= 0.3 is 5.97 Å². The first-order valence-corrected chi connectivity index (χ1v) is 9.78. The van der Waals surface area contributed by atoms with Crippen LogP contribution in [0.5, 0.6) is 0 Å². The molecule has 0 spiro atoms. The van der Waals surface area contributed by atoms with Crippen LogP contribution in [0.3, 0.4) is 0 Å². The van der Waals surface area contributed by atoms with Crippen LogP contribution in [-0.4, -0.2) is 51.9 Å². The van der Waals surface area contributed by atoms with Crippen molar-refractivity contribution in [1.82, 2.24) is 14.5 Å². The fraction of sp³-hybridized carbons (Fsp3) is 0.227. The predicted octanol–water partition coefficient (Wildman–Crippen LogP) is 3.70. The van der Waals surface area contributed by atoms with E-state index < -0.39 is 17.6 Å². The third kappa shape index (κ3) is 3.09. The number of aromatic nitrogens is 3. The summed E-state index contributed by atoms with van der Waals surface area (Å²) in [6.45, 7) is 4.02. The highest BCUT2D eigenvalue weighted by Crippen LogP contribution is 2.33. The fourth-order valence-electron chi connectivity index (χ4n) is 4.11. The van der Waals surface area contributed by atoms with E-state index in [0.29, 0.717) is 49.0 Å². The van der Waals surface area contributed by atoms with E-state index >= 15 is 0 Å². The zero-order chi connectivity index (χ0) is 21.7. The third-order valence-corrected chi connectivity index (χ3v) is 5.53. The number of nitrogens with zero attached hydrogens (tertiary/aromatic N) is 4. The van der Waals surface area contributed by atoms with Crippen molar-refractivity contribution < 1.29 is 23.4 Å². The largest absolute Gasteiger partial charge is 0.478 e. The normalized spacial score (nSPS) is 14.5. The van der Waals surface area contributed by atoms with E-state index in [4.69, 9.17) is 4.74 Å². The van der Waals surface area contributed by atoms with E-state index in [0.717, 1.165) is 12.1 Å². The maximum Gasteiger partial charge on any atom is 0.338 e. The number of carbonyl (C=O) groups is 1. The zero-order valence-corrected chi connectivity index (χ0v) is 16.6. The topological polar surface area (TPSA) is 80.5 Å². The average molecular weight is 424 g/mol. The van der Waals surface area contributed by atoms with Crippen LogP contribution in [0, 0.1) is 18.6 Å². The first kappa shape index (κ1) is 19.4. The minimum Gasteiger partial charge on any atom is -0.478 e. The van der Waals surface area contributed by atoms with Crippen LogP contribution in [0.4, 0.5) is 14.5 Å². The number of carboxylic acid groups (broad SMARTS) is 1. The van der Waals surface area contributed by atoms with Gasteiger partial charge in [-0.1, -0.05) is 0 Å². The number of ether oxygens (including phenoxy) is 1. The standard InChI is InChI=1S/C22H18F2N4O3/c1-12-26-20-14(22(29)30)10-13(27-6-8-31-9-7-27)11-18(20)28(12)17-4-5-25-21-16(24)3-2-15(23)19(17)21/h2-5,10-11H,6-9H2,1H3,(H,29,30). The number of carboxylic acids is 1. The molecule has 1 N–H and O–H groups in total. The Morgan fingerprint density at radius 1 is 1.10 bits per heavy atom. The van der Waals surface area contributed by atoms with Crippen molar-refractivity contribution in [2.24, 2.45) is 0 Å². The summed E-state index contributed by atoms with van der Waals surface area (Å²) in [6.07, 6.45) is 1.40. The van der Waals surface area contributed by atoms with Crippen LogP contribution in [0.25, 0.3) is 27.6 Å². The Morgan fingerprint density at radius 3 is 2.58 bits per heavy atom. The number of imidazole rings is 1. The summed E-state index contributed by atoms with van der Waals surface area (Å²) in [5, 5.41) is 9.83. The highest BCUT2D eigenvalue weighted by atomic mass is 19.1. The van der Waals surface area contributed by atoms with Gasteiger partial charge in [-0.05, 0) is 37.3 Å². The lowest BCUT2D eigenvalue weighted by Crippen LogP contribution is -2.36. The minimum atomic E-state index is -1.11.